The number of hydrogen-bond acceptors (Lipinski definition) is 4. The summed E-state index contributed by atoms with van der Waals surface area (Å²) in [6, 6.07) is 4.25. The molecular formula is C15H11F2N5O. The topological polar surface area (TPSA) is 72.7 Å². The van der Waals surface area contributed by atoms with E-state index in [1.807, 2.05) is 0 Å². The molecule has 23 heavy (non-hydrogen) atoms. The van der Waals surface area contributed by atoms with Gasteiger partial charge in [-0.1, -0.05) is 0 Å². The minimum absolute atomic E-state index is 0.192. The van der Waals surface area contributed by atoms with Gasteiger partial charge in [0.1, 0.15) is 35.4 Å². The number of anilines is 1. The quantitative estimate of drug-likeness (QED) is 0.806. The van der Waals surface area contributed by atoms with E-state index >= 15 is 0 Å². The summed E-state index contributed by atoms with van der Waals surface area (Å²) in [6.07, 6.45) is 4.60. The predicted molar refractivity (Wildman–Crippen MR) is 78.2 cm³/mol. The van der Waals surface area contributed by atoms with Crippen LogP contribution in [0.15, 0.2) is 43.0 Å². The average molecular weight is 315 g/mol. The number of hydrogen-bond donors (Lipinski definition) is 1. The molecule has 0 aliphatic heterocycles. The molecule has 0 saturated carbocycles. The first-order valence-corrected chi connectivity index (χ1v) is 6.63. The number of benzene rings is 1. The molecule has 116 valence electrons. The zero-order valence-corrected chi connectivity index (χ0v) is 12.0. The van der Waals surface area contributed by atoms with Crippen LogP contribution in [0.5, 0.6) is 0 Å². The molecule has 3 aromatic rings. The summed E-state index contributed by atoms with van der Waals surface area (Å²) < 4.78 is 28.2. The minimum atomic E-state index is -0.942. The Morgan fingerprint density at radius 3 is 2.70 bits per heavy atom. The van der Waals surface area contributed by atoms with Crippen molar-refractivity contribution < 1.29 is 13.6 Å². The van der Waals surface area contributed by atoms with Gasteiger partial charge in [0.15, 0.2) is 0 Å². The highest BCUT2D eigenvalue weighted by Crippen LogP contribution is 2.14. The SMILES string of the molecule is Cc1nccn1-c1cc(NC(=O)c2ccc(F)cc2F)ncn1. The van der Waals surface area contributed by atoms with Gasteiger partial charge in [0.25, 0.3) is 5.91 Å². The summed E-state index contributed by atoms with van der Waals surface area (Å²) >= 11 is 0. The van der Waals surface area contributed by atoms with Gasteiger partial charge in [-0.3, -0.25) is 9.36 Å². The Labute approximate surface area is 129 Å². The molecule has 1 N–H and O–H groups in total. The molecule has 0 unspecified atom stereocenters. The maximum Gasteiger partial charge on any atom is 0.259 e. The van der Waals surface area contributed by atoms with Gasteiger partial charge in [-0.2, -0.15) is 0 Å². The van der Waals surface area contributed by atoms with Crippen LogP contribution in [-0.4, -0.2) is 25.4 Å². The Hall–Kier alpha value is -3.16. The van der Waals surface area contributed by atoms with E-state index in [1.165, 1.54) is 12.4 Å². The Morgan fingerprint density at radius 2 is 2.00 bits per heavy atom. The molecule has 0 aliphatic carbocycles. The van der Waals surface area contributed by atoms with Crippen molar-refractivity contribution in [3.05, 3.63) is 66.0 Å². The monoisotopic (exact) mass is 315 g/mol. The van der Waals surface area contributed by atoms with Gasteiger partial charge in [-0.15, -0.1) is 0 Å². The molecule has 0 saturated heterocycles. The zero-order chi connectivity index (χ0) is 16.4. The predicted octanol–water partition coefficient (Wildman–Crippen LogP) is 2.50. The van der Waals surface area contributed by atoms with Crippen LogP contribution in [-0.2, 0) is 0 Å². The first-order chi connectivity index (χ1) is 11.0. The van der Waals surface area contributed by atoms with Crippen LogP contribution in [0.1, 0.15) is 16.2 Å². The molecule has 8 heteroatoms. The minimum Gasteiger partial charge on any atom is -0.306 e. The fourth-order valence-corrected chi connectivity index (χ4v) is 2.02. The summed E-state index contributed by atoms with van der Waals surface area (Å²) in [4.78, 5) is 24.1. The maximum atomic E-state index is 13.6. The zero-order valence-electron chi connectivity index (χ0n) is 12.0. The van der Waals surface area contributed by atoms with Crippen molar-refractivity contribution in [3.8, 4) is 5.82 Å². The summed E-state index contributed by atoms with van der Waals surface area (Å²) in [5.41, 5.74) is -0.273. The van der Waals surface area contributed by atoms with Crippen LogP contribution < -0.4 is 5.32 Å². The van der Waals surface area contributed by atoms with Gasteiger partial charge in [-0.05, 0) is 19.1 Å². The lowest BCUT2D eigenvalue weighted by Gasteiger charge is -2.08. The number of amides is 1. The van der Waals surface area contributed by atoms with Gasteiger partial charge in [0, 0.05) is 24.5 Å². The lowest BCUT2D eigenvalue weighted by Crippen LogP contribution is -2.15. The molecule has 0 bridgehead atoms. The fraction of sp³-hybridized carbons (Fsp3) is 0.0667. The van der Waals surface area contributed by atoms with E-state index in [0.717, 1.165) is 12.1 Å². The van der Waals surface area contributed by atoms with Crippen molar-refractivity contribution in [2.75, 3.05) is 5.32 Å². The first kappa shape index (κ1) is 14.8. The Morgan fingerprint density at radius 1 is 1.17 bits per heavy atom. The van der Waals surface area contributed by atoms with Crippen molar-refractivity contribution >= 4 is 11.7 Å². The lowest BCUT2D eigenvalue weighted by atomic mass is 10.2. The number of nitrogens with one attached hydrogen (secondary N) is 1. The third-order valence-electron chi connectivity index (χ3n) is 3.14. The number of halogens is 2. The number of aromatic nitrogens is 4. The second-order valence-corrected chi connectivity index (χ2v) is 4.68. The number of aryl methyl sites for hydroxylation is 1. The smallest absolute Gasteiger partial charge is 0.259 e. The van der Waals surface area contributed by atoms with Gasteiger partial charge < -0.3 is 5.32 Å². The molecule has 1 aromatic carbocycles. The Bertz CT molecular complexity index is 878. The van der Waals surface area contributed by atoms with Crippen LogP contribution in [0.25, 0.3) is 5.82 Å². The highest BCUT2D eigenvalue weighted by molar-refractivity contribution is 6.04. The molecule has 0 spiro atoms. The molecule has 0 atom stereocenters. The molecule has 0 fully saturated rings. The molecule has 1 amide bonds. The molecule has 2 heterocycles. The standard InChI is InChI=1S/C15H11F2N5O/c1-9-18-4-5-22(9)14-7-13(19-8-20-14)21-15(23)11-3-2-10(16)6-12(11)17/h2-8H,1H3,(H,19,20,21,23). The maximum absolute atomic E-state index is 13.6. The largest absolute Gasteiger partial charge is 0.306 e. The highest BCUT2D eigenvalue weighted by atomic mass is 19.1. The number of rotatable bonds is 3. The van der Waals surface area contributed by atoms with E-state index < -0.39 is 17.5 Å². The average Bonchev–Trinajstić information content (AvgIpc) is 2.93. The lowest BCUT2D eigenvalue weighted by molar-refractivity contribution is 0.102. The molecule has 0 radical (unpaired) electrons. The van der Waals surface area contributed by atoms with Crippen molar-refractivity contribution in [1.29, 1.82) is 0 Å². The van der Waals surface area contributed by atoms with Crippen LogP contribution in [0.4, 0.5) is 14.6 Å². The Kier molecular flexibility index (Phi) is 3.80. The fourth-order valence-electron chi connectivity index (χ4n) is 2.02. The summed E-state index contributed by atoms with van der Waals surface area (Å²) in [5, 5.41) is 2.45. The van der Waals surface area contributed by atoms with Gasteiger partial charge >= 0.3 is 0 Å². The van der Waals surface area contributed by atoms with Gasteiger partial charge in [0.05, 0.1) is 5.56 Å². The van der Waals surface area contributed by atoms with E-state index in [4.69, 9.17) is 0 Å². The molecule has 2 aromatic heterocycles. The third kappa shape index (κ3) is 3.05. The van der Waals surface area contributed by atoms with Crippen molar-refractivity contribution in [1.82, 2.24) is 19.5 Å². The molecule has 3 rings (SSSR count). The van der Waals surface area contributed by atoms with Crippen molar-refractivity contribution in [2.24, 2.45) is 0 Å². The summed E-state index contributed by atoms with van der Waals surface area (Å²) in [5.74, 6) is -1.01. The Balaban J connectivity index is 1.86. The highest BCUT2D eigenvalue weighted by Gasteiger charge is 2.14. The van der Waals surface area contributed by atoms with E-state index in [9.17, 15) is 13.6 Å². The summed E-state index contributed by atoms with van der Waals surface area (Å²) in [6.45, 7) is 1.80. The van der Waals surface area contributed by atoms with Gasteiger partial charge in [-0.25, -0.2) is 23.7 Å². The number of nitrogens with zero attached hydrogens (tertiary/aromatic N) is 4. The normalized spacial score (nSPS) is 10.6. The van der Waals surface area contributed by atoms with E-state index in [-0.39, 0.29) is 11.4 Å². The number of imidazole rings is 1. The van der Waals surface area contributed by atoms with E-state index in [0.29, 0.717) is 17.7 Å². The van der Waals surface area contributed by atoms with Crippen LogP contribution >= 0.6 is 0 Å². The number of carbonyl (C=O) groups is 1. The van der Waals surface area contributed by atoms with E-state index in [1.54, 1.807) is 23.9 Å². The molecule has 6 nitrogen and oxygen atoms in total. The second kappa shape index (κ2) is 5.91. The van der Waals surface area contributed by atoms with Crippen LogP contribution in [0.3, 0.4) is 0 Å². The van der Waals surface area contributed by atoms with Gasteiger partial charge in [0.2, 0.25) is 0 Å². The third-order valence-corrected chi connectivity index (χ3v) is 3.14. The summed E-state index contributed by atoms with van der Waals surface area (Å²) in [7, 11) is 0. The molecular weight excluding hydrogens is 304 g/mol. The first-order valence-electron chi connectivity index (χ1n) is 6.63. The van der Waals surface area contributed by atoms with Crippen LogP contribution in [0, 0.1) is 18.6 Å². The second-order valence-electron chi connectivity index (χ2n) is 4.68. The van der Waals surface area contributed by atoms with Crippen molar-refractivity contribution in [2.45, 2.75) is 6.92 Å². The van der Waals surface area contributed by atoms with Crippen LogP contribution in [0.2, 0.25) is 0 Å². The number of carbonyl (C=O) groups excluding carboxylic acids is 1. The van der Waals surface area contributed by atoms with E-state index in [2.05, 4.69) is 20.3 Å². The van der Waals surface area contributed by atoms with Crippen molar-refractivity contribution in [3.63, 3.8) is 0 Å². The molecule has 0 aliphatic rings.